The predicted molar refractivity (Wildman–Crippen MR) is 116 cm³/mol. The summed E-state index contributed by atoms with van der Waals surface area (Å²) in [6.07, 6.45) is 8.08. The third kappa shape index (κ3) is 4.75. The van der Waals surface area contributed by atoms with Gasteiger partial charge in [-0.25, -0.2) is 0 Å². The maximum atomic E-state index is 12.9. The van der Waals surface area contributed by atoms with Crippen molar-refractivity contribution in [1.29, 1.82) is 0 Å². The average Bonchev–Trinajstić information content (AvgIpc) is 3.24. The topological polar surface area (TPSA) is 80.9 Å². The first-order valence-corrected chi connectivity index (χ1v) is 10.7. The Morgan fingerprint density at radius 2 is 1.93 bits per heavy atom. The Labute approximate surface area is 177 Å². The van der Waals surface area contributed by atoms with Crippen LogP contribution in [0.5, 0.6) is 0 Å². The largest absolute Gasteiger partial charge is 0.339 e. The Hall–Kier alpha value is -3.02. The molecule has 0 saturated heterocycles. The molecule has 2 aromatic heterocycles. The zero-order valence-electron chi connectivity index (χ0n) is 17.5. The van der Waals surface area contributed by atoms with Crippen molar-refractivity contribution in [3.05, 3.63) is 60.2 Å². The summed E-state index contributed by atoms with van der Waals surface area (Å²) in [5, 5.41) is 7.20. The van der Waals surface area contributed by atoms with Crippen molar-refractivity contribution in [3.8, 4) is 11.4 Å². The maximum Gasteiger partial charge on any atom is 0.231 e. The van der Waals surface area contributed by atoms with Crippen molar-refractivity contribution < 1.29 is 9.32 Å². The molecule has 1 aliphatic rings. The normalized spacial score (nSPS) is 19.0. The Kier molecular flexibility index (Phi) is 6.21. The van der Waals surface area contributed by atoms with Crippen LogP contribution < -0.4 is 5.32 Å². The highest BCUT2D eigenvalue weighted by Gasteiger charge is 2.28. The van der Waals surface area contributed by atoms with Gasteiger partial charge in [0, 0.05) is 29.6 Å². The first-order valence-electron chi connectivity index (χ1n) is 10.7. The molecule has 1 saturated carbocycles. The van der Waals surface area contributed by atoms with Crippen molar-refractivity contribution in [2.24, 2.45) is 17.8 Å². The number of nitrogens with one attached hydrogen (secondary N) is 1. The molecular weight excluding hydrogens is 376 g/mol. The van der Waals surface area contributed by atoms with Crippen LogP contribution in [0.15, 0.2) is 53.3 Å². The van der Waals surface area contributed by atoms with Gasteiger partial charge in [0.1, 0.15) is 0 Å². The van der Waals surface area contributed by atoms with E-state index in [2.05, 4.69) is 34.3 Å². The molecule has 0 unspecified atom stereocenters. The predicted octanol–water partition coefficient (Wildman–Crippen LogP) is 5.12. The molecule has 1 fully saturated rings. The van der Waals surface area contributed by atoms with Crippen LogP contribution in [0.1, 0.15) is 51.0 Å². The van der Waals surface area contributed by atoms with Gasteiger partial charge < -0.3 is 9.84 Å². The minimum absolute atomic E-state index is 0.0913. The molecule has 0 radical (unpaired) electrons. The summed E-state index contributed by atoms with van der Waals surface area (Å²) in [6.45, 7) is 4.55. The van der Waals surface area contributed by atoms with Crippen molar-refractivity contribution in [3.63, 3.8) is 0 Å². The van der Waals surface area contributed by atoms with Gasteiger partial charge in [0.15, 0.2) is 0 Å². The van der Waals surface area contributed by atoms with Gasteiger partial charge in [-0.15, -0.1) is 0 Å². The molecule has 0 atom stereocenters. The van der Waals surface area contributed by atoms with E-state index in [0.29, 0.717) is 24.1 Å². The molecule has 1 aliphatic carbocycles. The van der Waals surface area contributed by atoms with Crippen LogP contribution in [-0.4, -0.2) is 21.0 Å². The van der Waals surface area contributed by atoms with Gasteiger partial charge in [-0.3, -0.25) is 9.78 Å². The van der Waals surface area contributed by atoms with Crippen LogP contribution in [0.3, 0.4) is 0 Å². The summed E-state index contributed by atoms with van der Waals surface area (Å²) in [7, 11) is 0. The molecule has 1 aromatic carbocycles. The molecule has 0 aliphatic heterocycles. The number of carbonyl (C=O) groups excluding carboxylic acids is 1. The first-order chi connectivity index (χ1) is 14.6. The van der Waals surface area contributed by atoms with Crippen molar-refractivity contribution >= 4 is 11.6 Å². The quantitative estimate of drug-likeness (QED) is 0.616. The van der Waals surface area contributed by atoms with Crippen LogP contribution in [0.4, 0.5) is 5.69 Å². The number of anilines is 1. The molecule has 0 bridgehead atoms. The zero-order chi connectivity index (χ0) is 20.9. The molecule has 1 amide bonds. The monoisotopic (exact) mass is 404 g/mol. The molecule has 3 aromatic rings. The van der Waals surface area contributed by atoms with Crippen LogP contribution in [0, 0.1) is 17.8 Å². The molecule has 156 valence electrons. The number of benzene rings is 1. The van der Waals surface area contributed by atoms with Crippen LogP contribution in [-0.2, 0) is 11.2 Å². The lowest BCUT2D eigenvalue weighted by atomic mass is 9.76. The van der Waals surface area contributed by atoms with E-state index in [1.54, 1.807) is 12.4 Å². The number of pyridine rings is 1. The SMILES string of the molecule is CC(C)C1CCC(C(=O)Nc2ccccc2Cc2nc(-c3cccnc3)no2)CC1. The van der Waals surface area contributed by atoms with Gasteiger partial charge in [0.05, 0.1) is 6.42 Å². The molecule has 0 spiro atoms. The fraction of sp³-hybridized carbons (Fsp3) is 0.417. The Balaban J connectivity index is 1.42. The van der Waals surface area contributed by atoms with Crippen molar-refractivity contribution in [2.45, 2.75) is 46.0 Å². The Morgan fingerprint density at radius 3 is 2.67 bits per heavy atom. The smallest absolute Gasteiger partial charge is 0.231 e. The van der Waals surface area contributed by atoms with Gasteiger partial charge in [-0.2, -0.15) is 4.98 Å². The van der Waals surface area contributed by atoms with Gasteiger partial charge in [-0.1, -0.05) is 37.2 Å². The second kappa shape index (κ2) is 9.20. The molecule has 30 heavy (non-hydrogen) atoms. The van der Waals surface area contributed by atoms with E-state index >= 15 is 0 Å². The molecule has 6 nitrogen and oxygen atoms in total. The lowest BCUT2D eigenvalue weighted by Crippen LogP contribution is -2.28. The fourth-order valence-electron chi connectivity index (χ4n) is 4.18. The van der Waals surface area contributed by atoms with Gasteiger partial charge in [-0.05, 0) is 61.3 Å². The molecule has 4 rings (SSSR count). The number of nitrogens with zero attached hydrogens (tertiary/aromatic N) is 3. The number of para-hydroxylation sites is 1. The molecule has 1 N–H and O–H groups in total. The second-order valence-electron chi connectivity index (χ2n) is 8.43. The van der Waals surface area contributed by atoms with Crippen LogP contribution in [0.2, 0.25) is 0 Å². The highest BCUT2D eigenvalue weighted by Crippen LogP contribution is 2.34. The standard InChI is InChI=1S/C24H28N4O2/c1-16(2)17-9-11-18(12-10-17)24(29)26-21-8-4-3-6-19(21)14-22-27-23(28-30-22)20-7-5-13-25-15-20/h3-8,13,15-18H,9-12,14H2,1-2H3,(H,26,29). The highest BCUT2D eigenvalue weighted by atomic mass is 16.5. The van der Waals surface area contributed by atoms with E-state index in [9.17, 15) is 4.79 Å². The summed E-state index contributed by atoms with van der Waals surface area (Å²) >= 11 is 0. The molecule has 6 heteroatoms. The van der Waals surface area contributed by atoms with Gasteiger partial charge in [0.2, 0.25) is 17.6 Å². The highest BCUT2D eigenvalue weighted by molar-refractivity contribution is 5.93. The van der Waals surface area contributed by atoms with Crippen LogP contribution >= 0.6 is 0 Å². The summed E-state index contributed by atoms with van der Waals surface area (Å²) in [6, 6.07) is 11.5. The average molecular weight is 405 g/mol. The minimum Gasteiger partial charge on any atom is -0.339 e. The number of hydrogen-bond acceptors (Lipinski definition) is 5. The second-order valence-corrected chi connectivity index (χ2v) is 8.43. The Bertz CT molecular complexity index is 976. The van der Waals surface area contributed by atoms with E-state index in [1.807, 2.05) is 36.4 Å². The number of aromatic nitrogens is 3. The zero-order valence-corrected chi connectivity index (χ0v) is 17.5. The van der Waals surface area contributed by atoms with E-state index in [-0.39, 0.29) is 11.8 Å². The summed E-state index contributed by atoms with van der Waals surface area (Å²) in [4.78, 5) is 21.4. The number of rotatable bonds is 6. The van der Waals surface area contributed by atoms with Gasteiger partial charge in [0.25, 0.3) is 0 Å². The van der Waals surface area contributed by atoms with E-state index in [4.69, 9.17) is 4.52 Å². The fourth-order valence-corrected chi connectivity index (χ4v) is 4.18. The maximum absolute atomic E-state index is 12.9. The third-order valence-electron chi connectivity index (χ3n) is 6.09. The van der Waals surface area contributed by atoms with E-state index in [1.165, 1.54) is 0 Å². The minimum atomic E-state index is 0.0913. The van der Waals surface area contributed by atoms with E-state index < -0.39 is 0 Å². The molecular formula is C24H28N4O2. The van der Waals surface area contributed by atoms with Crippen molar-refractivity contribution in [2.75, 3.05) is 5.32 Å². The lowest BCUT2D eigenvalue weighted by molar-refractivity contribution is -0.121. The Morgan fingerprint density at radius 1 is 1.13 bits per heavy atom. The molecule has 2 heterocycles. The number of hydrogen-bond donors (Lipinski definition) is 1. The summed E-state index contributed by atoms with van der Waals surface area (Å²) in [5.74, 6) is 2.67. The lowest BCUT2D eigenvalue weighted by Gasteiger charge is -2.30. The van der Waals surface area contributed by atoms with Crippen LogP contribution in [0.25, 0.3) is 11.4 Å². The number of amides is 1. The summed E-state index contributed by atoms with van der Waals surface area (Å²) < 4.78 is 5.43. The van der Waals surface area contributed by atoms with E-state index in [0.717, 1.165) is 48.4 Å². The first kappa shape index (κ1) is 20.3. The third-order valence-corrected chi connectivity index (χ3v) is 6.09. The number of carbonyl (C=O) groups is 1. The summed E-state index contributed by atoms with van der Waals surface area (Å²) in [5.41, 5.74) is 2.59. The van der Waals surface area contributed by atoms with Gasteiger partial charge >= 0.3 is 0 Å². The van der Waals surface area contributed by atoms with Crippen molar-refractivity contribution in [1.82, 2.24) is 15.1 Å².